The summed E-state index contributed by atoms with van der Waals surface area (Å²) in [5.41, 5.74) is 1.04. The molecule has 0 aromatic heterocycles. The van der Waals surface area contributed by atoms with Gasteiger partial charge in [0.15, 0.2) is 0 Å². The van der Waals surface area contributed by atoms with Crippen molar-refractivity contribution in [3.05, 3.63) is 39.9 Å². The summed E-state index contributed by atoms with van der Waals surface area (Å²) in [7, 11) is 0. The van der Waals surface area contributed by atoms with E-state index in [1.54, 1.807) is 12.1 Å². The molecular formula is C10H11BrN2O3. The maximum Gasteiger partial charge on any atom is 0.269 e. The highest BCUT2D eigenvalue weighted by Gasteiger charge is 2.03. The van der Waals surface area contributed by atoms with Crippen molar-refractivity contribution in [2.75, 3.05) is 11.9 Å². The van der Waals surface area contributed by atoms with Crippen LogP contribution in [0.1, 0.15) is 5.56 Å². The third-order valence-corrected chi connectivity index (χ3v) is 2.51. The molecule has 0 bridgehead atoms. The molecular weight excluding hydrogens is 276 g/mol. The average Bonchev–Trinajstić information content (AvgIpc) is 2.29. The van der Waals surface area contributed by atoms with Gasteiger partial charge in [0.25, 0.3) is 5.69 Å². The van der Waals surface area contributed by atoms with E-state index in [1.165, 1.54) is 12.1 Å². The monoisotopic (exact) mass is 286 g/mol. The highest BCUT2D eigenvalue weighted by atomic mass is 79.9. The number of carbonyl (C=O) groups is 1. The number of hydrogen-bond acceptors (Lipinski definition) is 3. The largest absolute Gasteiger partial charge is 0.355 e. The van der Waals surface area contributed by atoms with Crippen LogP contribution in [0.25, 0.3) is 0 Å². The van der Waals surface area contributed by atoms with Crippen molar-refractivity contribution < 1.29 is 9.72 Å². The Morgan fingerprint density at radius 3 is 2.50 bits per heavy atom. The molecule has 1 rings (SSSR count). The van der Waals surface area contributed by atoms with Crippen LogP contribution in [-0.4, -0.2) is 22.7 Å². The van der Waals surface area contributed by atoms with Gasteiger partial charge >= 0.3 is 0 Å². The lowest BCUT2D eigenvalue weighted by molar-refractivity contribution is -0.384. The van der Waals surface area contributed by atoms with E-state index in [9.17, 15) is 14.9 Å². The molecule has 16 heavy (non-hydrogen) atoms. The number of hydrogen-bond donors (Lipinski definition) is 1. The van der Waals surface area contributed by atoms with Crippen molar-refractivity contribution in [1.82, 2.24) is 5.32 Å². The quantitative estimate of drug-likeness (QED) is 0.508. The Bertz CT molecular complexity index is 378. The van der Waals surface area contributed by atoms with E-state index < -0.39 is 4.92 Å². The molecule has 5 nitrogen and oxygen atoms in total. The third kappa shape index (κ3) is 3.98. The second-order valence-electron chi connectivity index (χ2n) is 3.16. The molecule has 0 saturated carbocycles. The molecule has 1 N–H and O–H groups in total. The summed E-state index contributed by atoms with van der Waals surface area (Å²) in [6, 6.07) is 6.31. The van der Waals surface area contributed by atoms with Gasteiger partial charge in [-0.05, 0) is 12.0 Å². The zero-order valence-corrected chi connectivity index (χ0v) is 10.1. The Morgan fingerprint density at radius 1 is 1.38 bits per heavy atom. The SMILES string of the molecule is O=C(CBr)NCCc1ccc([N+](=O)[O-])cc1. The second kappa shape index (κ2) is 6.22. The summed E-state index contributed by atoms with van der Waals surface area (Å²) in [6.07, 6.45) is 0.663. The Kier molecular flexibility index (Phi) is 4.91. The van der Waals surface area contributed by atoms with Gasteiger partial charge in [-0.25, -0.2) is 0 Å². The van der Waals surface area contributed by atoms with E-state index in [0.29, 0.717) is 13.0 Å². The van der Waals surface area contributed by atoms with Crippen LogP contribution in [-0.2, 0) is 11.2 Å². The van der Waals surface area contributed by atoms with Gasteiger partial charge in [0, 0.05) is 18.7 Å². The normalized spacial score (nSPS) is 9.81. The number of nitro benzene ring substituents is 1. The molecule has 0 radical (unpaired) electrons. The van der Waals surface area contributed by atoms with Crippen LogP contribution in [0, 0.1) is 10.1 Å². The summed E-state index contributed by atoms with van der Waals surface area (Å²) in [5.74, 6) is -0.0677. The molecule has 0 spiro atoms. The van der Waals surface area contributed by atoms with E-state index in [1.807, 2.05) is 0 Å². The fourth-order valence-electron chi connectivity index (χ4n) is 1.18. The zero-order chi connectivity index (χ0) is 12.0. The zero-order valence-electron chi connectivity index (χ0n) is 8.48. The summed E-state index contributed by atoms with van der Waals surface area (Å²) in [6.45, 7) is 0.530. The fraction of sp³-hybridized carbons (Fsp3) is 0.300. The molecule has 0 atom stereocenters. The molecule has 1 aromatic rings. The van der Waals surface area contributed by atoms with Gasteiger partial charge in [0.1, 0.15) is 0 Å². The van der Waals surface area contributed by atoms with Crippen molar-refractivity contribution in [2.45, 2.75) is 6.42 Å². The van der Waals surface area contributed by atoms with Gasteiger partial charge in [-0.15, -0.1) is 0 Å². The van der Waals surface area contributed by atoms with Gasteiger partial charge in [-0.1, -0.05) is 28.1 Å². The van der Waals surface area contributed by atoms with Crippen LogP contribution in [0.2, 0.25) is 0 Å². The molecule has 0 aliphatic rings. The van der Waals surface area contributed by atoms with E-state index in [0.717, 1.165) is 5.56 Å². The minimum absolute atomic E-state index is 0.0677. The van der Waals surface area contributed by atoms with E-state index in [-0.39, 0.29) is 16.9 Å². The summed E-state index contributed by atoms with van der Waals surface area (Å²) in [4.78, 5) is 20.9. The first kappa shape index (κ1) is 12.6. The standard InChI is InChI=1S/C10H11BrN2O3/c11-7-10(14)12-6-5-8-1-3-9(4-2-8)13(15)16/h1-4H,5-7H2,(H,12,14). The smallest absolute Gasteiger partial charge is 0.269 e. The van der Waals surface area contributed by atoms with E-state index >= 15 is 0 Å². The number of halogens is 1. The van der Waals surface area contributed by atoms with Crippen molar-refractivity contribution in [3.8, 4) is 0 Å². The predicted octanol–water partition coefficient (Wildman–Crippen LogP) is 1.65. The molecule has 1 aromatic carbocycles. The lowest BCUT2D eigenvalue weighted by atomic mass is 10.1. The van der Waals surface area contributed by atoms with Gasteiger partial charge in [0.05, 0.1) is 10.3 Å². The van der Waals surface area contributed by atoms with Crippen LogP contribution >= 0.6 is 15.9 Å². The second-order valence-corrected chi connectivity index (χ2v) is 3.72. The van der Waals surface area contributed by atoms with Gasteiger partial charge in [-0.3, -0.25) is 14.9 Å². The van der Waals surface area contributed by atoms with Crippen LogP contribution in [0.15, 0.2) is 24.3 Å². The van der Waals surface area contributed by atoms with Crippen LogP contribution in [0.3, 0.4) is 0 Å². The van der Waals surface area contributed by atoms with E-state index in [2.05, 4.69) is 21.2 Å². The van der Waals surface area contributed by atoms with Crippen molar-refractivity contribution in [1.29, 1.82) is 0 Å². The number of alkyl halides is 1. The summed E-state index contributed by atoms with van der Waals surface area (Å²) >= 11 is 3.04. The number of nitrogens with one attached hydrogen (secondary N) is 1. The van der Waals surface area contributed by atoms with Crippen LogP contribution in [0.5, 0.6) is 0 Å². The molecule has 0 saturated heterocycles. The molecule has 1 amide bonds. The first-order chi connectivity index (χ1) is 7.63. The molecule has 0 aliphatic heterocycles. The molecule has 86 valence electrons. The van der Waals surface area contributed by atoms with Crippen LogP contribution in [0.4, 0.5) is 5.69 Å². The number of nitro groups is 1. The minimum Gasteiger partial charge on any atom is -0.355 e. The number of amides is 1. The topological polar surface area (TPSA) is 72.2 Å². The predicted molar refractivity (Wildman–Crippen MR) is 63.6 cm³/mol. The number of non-ortho nitro benzene ring substituents is 1. The maximum atomic E-state index is 10.9. The van der Waals surface area contributed by atoms with Crippen molar-refractivity contribution >= 4 is 27.5 Å². The number of carbonyl (C=O) groups excluding carboxylic acids is 1. The Morgan fingerprint density at radius 2 is 2.00 bits per heavy atom. The van der Waals surface area contributed by atoms with Crippen LogP contribution < -0.4 is 5.32 Å². The highest BCUT2D eigenvalue weighted by Crippen LogP contribution is 2.11. The molecule has 6 heteroatoms. The fourth-order valence-corrected chi connectivity index (χ4v) is 1.38. The Balaban J connectivity index is 2.43. The first-order valence-corrected chi connectivity index (χ1v) is 5.81. The Hall–Kier alpha value is -1.43. The lowest BCUT2D eigenvalue weighted by Gasteiger charge is -2.02. The molecule has 0 unspecified atom stereocenters. The maximum absolute atomic E-state index is 10.9. The number of benzene rings is 1. The molecule has 0 heterocycles. The highest BCUT2D eigenvalue weighted by molar-refractivity contribution is 9.09. The van der Waals surface area contributed by atoms with Gasteiger partial charge in [-0.2, -0.15) is 0 Å². The molecule has 0 fully saturated rings. The first-order valence-electron chi connectivity index (χ1n) is 4.69. The summed E-state index contributed by atoms with van der Waals surface area (Å²) in [5, 5.41) is 13.4. The minimum atomic E-state index is -0.434. The van der Waals surface area contributed by atoms with Crippen molar-refractivity contribution in [2.24, 2.45) is 0 Å². The number of rotatable bonds is 5. The number of nitrogens with zero attached hydrogens (tertiary/aromatic N) is 1. The summed E-state index contributed by atoms with van der Waals surface area (Å²) < 4.78 is 0. The van der Waals surface area contributed by atoms with Gasteiger partial charge < -0.3 is 5.32 Å². The molecule has 0 aliphatic carbocycles. The third-order valence-electron chi connectivity index (χ3n) is 2.00. The lowest BCUT2D eigenvalue weighted by Crippen LogP contribution is -2.26. The van der Waals surface area contributed by atoms with Gasteiger partial charge in [0.2, 0.25) is 5.91 Å². The van der Waals surface area contributed by atoms with Crippen molar-refractivity contribution in [3.63, 3.8) is 0 Å². The average molecular weight is 287 g/mol. The van der Waals surface area contributed by atoms with E-state index in [4.69, 9.17) is 0 Å². The Labute approximate surface area is 101 Å².